The van der Waals surface area contributed by atoms with Crippen molar-refractivity contribution in [1.82, 2.24) is 0 Å². The van der Waals surface area contributed by atoms with Crippen LogP contribution in [0.3, 0.4) is 0 Å². The molecular weight excluding hydrogens is 160 g/mol. The van der Waals surface area contributed by atoms with Gasteiger partial charge in [-0.2, -0.15) is 0 Å². The first-order chi connectivity index (χ1) is 5.65. The van der Waals surface area contributed by atoms with E-state index in [0.29, 0.717) is 5.92 Å². The van der Waals surface area contributed by atoms with E-state index >= 15 is 0 Å². The molecule has 0 aliphatic heterocycles. The maximum atomic E-state index is 5.49. The summed E-state index contributed by atoms with van der Waals surface area (Å²) >= 11 is 0. The molecule has 1 nitrogen and oxygen atoms in total. The molecule has 1 heteroatoms. The van der Waals surface area contributed by atoms with Gasteiger partial charge in [-0.1, -0.05) is 19.4 Å². The molecule has 0 saturated carbocycles. The maximum absolute atomic E-state index is 5.49. The molecule has 80 valence electrons. The van der Waals surface area contributed by atoms with E-state index in [0.717, 1.165) is 6.61 Å². The summed E-state index contributed by atoms with van der Waals surface area (Å²) in [5, 5.41) is 0. The van der Waals surface area contributed by atoms with E-state index in [2.05, 4.69) is 41.2 Å². The van der Waals surface area contributed by atoms with E-state index in [-0.39, 0.29) is 5.60 Å². The minimum Gasteiger partial charge on any atom is -0.376 e. The van der Waals surface area contributed by atoms with Gasteiger partial charge in [0, 0.05) is 6.61 Å². The van der Waals surface area contributed by atoms with Crippen LogP contribution in [0.2, 0.25) is 0 Å². The summed E-state index contributed by atoms with van der Waals surface area (Å²) < 4.78 is 5.49. The molecule has 0 heterocycles. The van der Waals surface area contributed by atoms with Gasteiger partial charge in [-0.3, -0.25) is 0 Å². The molecule has 0 aromatic rings. The van der Waals surface area contributed by atoms with Crippen LogP contribution in [0.1, 0.15) is 48.5 Å². The highest BCUT2D eigenvalue weighted by Crippen LogP contribution is 2.08. The van der Waals surface area contributed by atoms with Gasteiger partial charge in [-0.05, 0) is 40.5 Å². The SMILES string of the molecule is C=C(C)C.CC(C)COC(C)(C)C. The van der Waals surface area contributed by atoms with Crippen molar-refractivity contribution < 1.29 is 4.74 Å². The third kappa shape index (κ3) is 33.9. The molecule has 0 aromatic carbocycles. The van der Waals surface area contributed by atoms with Gasteiger partial charge in [-0.15, -0.1) is 6.58 Å². The molecule has 0 amide bonds. The molecule has 0 fully saturated rings. The van der Waals surface area contributed by atoms with Crippen LogP contribution < -0.4 is 0 Å². The molecule has 0 rings (SSSR count). The quantitative estimate of drug-likeness (QED) is 0.591. The van der Waals surface area contributed by atoms with Crippen LogP contribution in [-0.2, 0) is 4.74 Å². The minimum atomic E-state index is 0.0320. The van der Waals surface area contributed by atoms with Crippen molar-refractivity contribution in [2.45, 2.75) is 54.1 Å². The number of ether oxygens (including phenoxy) is 1. The summed E-state index contributed by atoms with van der Waals surface area (Å²) in [5.41, 5.74) is 1.20. The van der Waals surface area contributed by atoms with Crippen LogP contribution in [0.5, 0.6) is 0 Å². The molecule has 0 unspecified atom stereocenters. The molecule has 0 atom stereocenters. The average molecular weight is 186 g/mol. The summed E-state index contributed by atoms with van der Waals surface area (Å²) in [5.74, 6) is 0.643. The molecule has 0 saturated heterocycles. The molecule has 0 spiro atoms. The zero-order valence-corrected chi connectivity index (χ0v) is 10.4. The summed E-state index contributed by atoms with van der Waals surface area (Å²) in [7, 11) is 0. The third-order valence-electron chi connectivity index (χ3n) is 0.850. The fourth-order valence-corrected chi connectivity index (χ4v) is 0.417. The molecule has 0 aliphatic rings. The van der Waals surface area contributed by atoms with E-state index < -0.39 is 0 Å². The monoisotopic (exact) mass is 186 g/mol. The van der Waals surface area contributed by atoms with Crippen LogP contribution in [-0.4, -0.2) is 12.2 Å². The second-order valence-corrected chi connectivity index (χ2v) is 5.02. The van der Waals surface area contributed by atoms with Gasteiger partial charge in [0.1, 0.15) is 0 Å². The summed E-state index contributed by atoms with van der Waals surface area (Å²) in [6, 6.07) is 0. The average Bonchev–Trinajstić information content (AvgIpc) is 1.80. The van der Waals surface area contributed by atoms with Gasteiger partial charge >= 0.3 is 0 Å². The largest absolute Gasteiger partial charge is 0.376 e. The molecule has 0 N–H and O–H groups in total. The Bertz CT molecular complexity index is 125. The lowest BCUT2D eigenvalue weighted by Crippen LogP contribution is -2.21. The van der Waals surface area contributed by atoms with Gasteiger partial charge < -0.3 is 4.74 Å². The summed E-state index contributed by atoms with van der Waals surface area (Å²) in [4.78, 5) is 0. The highest BCUT2D eigenvalue weighted by Gasteiger charge is 2.09. The number of hydrogen-bond acceptors (Lipinski definition) is 1. The highest BCUT2D eigenvalue weighted by molar-refractivity contribution is 4.78. The van der Waals surface area contributed by atoms with Crippen LogP contribution in [0, 0.1) is 5.92 Å². The molecule has 13 heavy (non-hydrogen) atoms. The standard InChI is InChI=1S/C8H18O.C4H8/c1-7(2)6-9-8(3,4)5;1-4(2)3/h7H,6H2,1-5H3;1H2,2-3H3. The Morgan fingerprint density at radius 3 is 1.62 bits per heavy atom. The first-order valence-electron chi connectivity index (χ1n) is 4.91. The van der Waals surface area contributed by atoms with E-state index in [4.69, 9.17) is 4.74 Å². The van der Waals surface area contributed by atoms with Crippen molar-refractivity contribution in [3.05, 3.63) is 12.2 Å². The minimum absolute atomic E-state index is 0.0320. The number of allylic oxidation sites excluding steroid dienone is 1. The second kappa shape index (κ2) is 7.14. The summed E-state index contributed by atoms with van der Waals surface area (Å²) in [6.07, 6.45) is 0. The van der Waals surface area contributed by atoms with Crippen molar-refractivity contribution in [1.29, 1.82) is 0 Å². The fourth-order valence-electron chi connectivity index (χ4n) is 0.417. The van der Waals surface area contributed by atoms with Crippen molar-refractivity contribution >= 4 is 0 Å². The van der Waals surface area contributed by atoms with Crippen molar-refractivity contribution in [3.8, 4) is 0 Å². The molecule has 0 radical (unpaired) electrons. The fraction of sp³-hybridized carbons (Fsp3) is 0.833. The third-order valence-corrected chi connectivity index (χ3v) is 0.850. The highest BCUT2D eigenvalue weighted by atomic mass is 16.5. The lowest BCUT2D eigenvalue weighted by Gasteiger charge is -2.20. The first-order valence-corrected chi connectivity index (χ1v) is 4.91. The van der Waals surface area contributed by atoms with E-state index in [1.807, 2.05) is 13.8 Å². The van der Waals surface area contributed by atoms with Crippen molar-refractivity contribution in [3.63, 3.8) is 0 Å². The second-order valence-electron chi connectivity index (χ2n) is 5.02. The lowest BCUT2D eigenvalue weighted by molar-refractivity contribution is -0.0167. The molecule has 0 bridgehead atoms. The van der Waals surface area contributed by atoms with E-state index in [1.165, 1.54) is 5.57 Å². The Morgan fingerprint density at radius 2 is 1.54 bits per heavy atom. The smallest absolute Gasteiger partial charge is 0.0598 e. The van der Waals surface area contributed by atoms with Gasteiger partial charge in [0.25, 0.3) is 0 Å². The topological polar surface area (TPSA) is 9.23 Å². The Morgan fingerprint density at radius 1 is 1.23 bits per heavy atom. The van der Waals surface area contributed by atoms with E-state index in [1.54, 1.807) is 0 Å². The number of hydrogen-bond donors (Lipinski definition) is 0. The predicted octanol–water partition coefficient (Wildman–Crippen LogP) is 4.04. The Labute approximate surface area is 84.2 Å². The number of rotatable bonds is 2. The normalized spacial score (nSPS) is 10.8. The van der Waals surface area contributed by atoms with Crippen LogP contribution in [0.15, 0.2) is 12.2 Å². The molecular formula is C12H26O. The van der Waals surface area contributed by atoms with Crippen molar-refractivity contribution in [2.75, 3.05) is 6.61 Å². The van der Waals surface area contributed by atoms with Crippen LogP contribution in [0.25, 0.3) is 0 Å². The van der Waals surface area contributed by atoms with Gasteiger partial charge in [0.15, 0.2) is 0 Å². The first kappa shape index (κ1) is 15.2. The molecule has 0 aliphatic carbocycles. The maximum Gasteiger partial charge on any atom is 0.0598 e. The summed E-state index contributed by atoms with van der Waals surface area (Å²) in [6.45, 7) is 18.9. The Balaban J connectivity index is 0. The molecule has 0 aromatic heterocycles. The lowest BCUT2D eigenvalue weighted by atomic mass is 10.2. The zero-order chi connectivity index (χ0) is 11.1. The zero-order valence-electron chi connectivity index (χ0n) is 10.4. The Hall–Kier alpha value is -0.300. The van der Waals surface area contributed by atoms with E-state index in [9.17, 15) is 0 Å². The van der Waals surface area contributed by atoms with Crippen LogP contribution in [0.4, 0.5) is 0 Å². The van der Waals surface area contributed by atoms with Crippen molar-refractivity contribution in [2.24, 2.45) is 5.92 Å². The van der Waals surface area contributed by atoms with Gasteiger partial charge in [0.2, 0.25) is 0 Å². The van der Waals surface area contributed by atoms with Crippen LogP contribution >= 0.6 is 0 Å². The van der Waals surface area contributed by atoms with Gasteiger partial charge in [-0.25, -0.2) is 0 Å². The predicted molar refractivity (Wildman–Crippen MR) is 61.0 cm³/mol. The Kier molecular flexibility index (Phi) is 8.34. The van der Waals surface area contributed by atoms with Gasteiger partial charge in [0.05, 0.1) is 5.60 Å².